The molecule has 1 aromatic carbocycles. The van der Waals surface area contributed by atoms with Crippen LogP contribution in [0.1, 0.15) is 44.6 Å². The van der Waals surface area contributed by atoms with Crippen LogP contribution in [0.25, 0.3) is 5.32 Å². The number of benzene rings is 1. The Kier molecular flexibility index (Phi) is 18.6. The van der Waals surface area contributed by atoms with Crippen molar-refractivity contribution >= 4 is 29.6 Å². The molecular weight excluding hydrogens is 484 g/mol. The second kappa shape index (κ2) is 19.3. The van der Waals surface area contributed by atoms with Crippen LogP contribution in [0.2, 0.25) is 0 Å². The van der Waals surface area contributed by atoms with Crippen LogP contribution < -0.4 is 68.8 Å². The predicted molar refractivity (Wildman–Crippen MR) is 119 cm³/mol. The summed E-state index contributed by atoms with van der Waals surface area (Å²) in [6.07, 6.45) is 6.39. The van der Waals surface area contributed by atoms with Crippen LogP contribution in [0, 0.1) is 0 Å². The van der Waals surface area contributed by atoms with E-state index in [1.54, 1.807) is 31.3 Å². The predicted octanol–water partition coefficient (Wildman–Crippen LogP) is -0.261. The number of ketones is 1. The maximum absolute atomic E-state index is 12.0. The minimum Gasteiger partial charge on any atom is -0.625 e. The molecule has 0 aliphatic rings. The number of nitrogens with zero attached hydrogens (tertiary/aromatic N) is 1. The van der Waals surface area contributed by atoms with Gasteiger partial charge >= 0.3 is 58.2 Å². The first-order chi connectivity index (χ1) is 14.9. The summed E-state index contributed by atoms with van der Waals surface area (Å²) in [6, 6.07) is 7.12. The van der Waals surface area contributed by atoms with Gasteiger partial charge in [-0.3, -0.25) is 9.59 Å². The Morgan fingerprint density at radius 1 is 1.12 bits per heavy atom. The Labute approximate surface area is 239 Å². The van der Waals surface area contributed by atoms with Crippen LogP contribution in [0.15, 0.2) is 36.0 Å². The van der Waals surface area contributed by atoms with Crippen molar-refractivity contribution in [1.29, 1.82) is 0 Å². The maximum atomic E-state index is 12.0. The molecule has 9 heteroatoms. The van der Waals surface area contributed by atoms with Crippen LogP contribution >= 0.6 is 0 Å². The molecule has 0 saturated heterocycles. The summed E-state index contributed by atoms with van der Waals surface area (Å²) in [5.74, 6) is -0.752. The molecule has 0 radical (unpaired) electrons. The number of unbranched alkanes of at least 4 members (excludes halogenated alkanes) is 3. The van der Waals surface area contributed by atoms with Gasteiger partial charge in [-0.25, -0.2) is 0 Å². The van der Waals surface area contributed by atoms with Gasteiger partial charge in [-0.2, -0.15) is 0 Å². The number of aldehydes is 1. The largest absolute Gasteiger partial charge is 1.00 e. The SMILES string of the molecule is CN/C(C)=C\C(=O)CCc1cccc([N-]C(=O)COCC(=O)NCCCCCC=O)c1.[Rb+]. The average molecular weight is 516 g/mol. The summed E-state index contributed by atoms with van der Waals surface area (Å²) in [4.78, 5) is 45.7. The molecule has 0 atom stereocenters. The van der Waals surface area contributed by atoms with Gasteiger partial charge in [0.25, 0.3) is 0 Å². The molecule has 8 nitrogen and oxygen atoms in total. The van der Waals surface area contributed by atoms with E-state index < -0.39 is 5.91 Å². The Bertz CT molecular complexity index is 768. The van der Waals surface area contributed by atoms with E-state index in [2.05, 4.69) is 16.0 Å². The quantitative estimate of drug-likeness (QED) is 0.178. The van der Waals surface area contributed by atoms with Crippen molar-refractivity contribution in [3.63, 3.8) is 0 Å². The number of amides is 2. The van der Waals surface area contributed by atoms with Crippen molar-refractivity contribution in [3.05, 3.63) is 46.9 Å². The fourth-order valence-corrected chi connectivity index (χ4v) is 2.65. The molecule has 0 bridgehead atoms. The third-order valence-electron chi connectivity index (χ3n) is 4.38. The summed E-state index contributed by atoms with van der Waals surface area (Å²) in [5.41, 5.74) is 2.20. The van der Waals surface area contributed by atoms with Gasteiger partial charge in [-0.1, -0.05) is 30.7 Å². The molecule has 2 amide bonds. The number of allylic oxidation sites excluding steroid dienone is 2. The van der Waals surface area contributed by atoms with Crippen molar-refractivity contribution < 1.29 is 82.1 Å². The molecule has 0 aromatic heterocycles. The molecule has 0 unspecified atom stereocenters. The molecule has 2 N–H and O–H groups in total. The minimum absolute atomic E-state index is 0. The standard InChI is InChI=1S/C23H33N3O5.Rb/c1-18(24-2)14-21(28)11-10-19-8-7-9-20(15-19)26-23(30)17-31-16-22(29)25-12-5-3-4-6-13-27;/h7-9,13-15H,3-6,10-12,16-17H2,1-2H3,(H3,24,25,26,28,29,30);/q;+1/p-1. The third kappa shape index (κ3) is 15.6. The summed E-state index contributed by atoms with van der Waals surface area (Å²) >= 11 is 0. The molecule has 170 valence electrons. The summed E-state index contributed by atoms with van der Waals surface area (Å²) in [5, 5.41) is 9.59. The first-order valence-electron chi connectivity index (χ1n) is 10.4. The van der Waals surface area contributed by atoms with Gasteiger partial charge in [0, 0.05) is 32.1 Å². The fourth-order valence-electron chi connectivity index (χ4n) is 2.65. The number of aryl methyl sites for hydroxylation is 1. The second-order valence-electron chi connectivity index (χ2n) is 7.08. The van der Waals surface area contributed by atoms with Gasteiger partial charge in [0.2, 0.25) is 5.91 Å². The van der Waals surface area contributed by atoms with Crippen molar-refractivity contribution in [2.75, 3.05) is 26.8 Å². The number of carbonyl (C=O) groups is 4. The number of carbonyl (C=O) groups excluding carboxylic acids is 4. The van der Waals surface area contributed by atoms with Gasteiger partial charge in [-0.15, -0.1) is 5.69 Å². The van der Waals surface area contributed by atoms with Crippen LogP contribution in [0.4, 0.5) is 5.69 Å². The normalized spacial score (nSPS) is 10.6. The van der Waals surface area contributed by atoms with E-state index in [1.807, 2.05) is 13.0 Å². The van der Waals surface area contributed by atoms with Crippen LogP contribution in [-0.4, -0.2) is 50.7 Å². The summed E-state index contributed by atoms with van der Waals surface area (Å²) < 4.78 is 5.12. The molecule has 1 aromatic rings. The molecule has 0 saturated carbocycles. The minimum atomic E-state index is -0.484. The molecule has 1 rings (SSSR count). The zero-order valence-corrected chi connectivity index (χ0v) is 24.2. The molecule has 0 aliphatic carbocycles. The topological polar surface area (TPSA) is 116 Å². The van der Waals surface area contributed by atoms with Gasteiger partial charge in [-0.05, 0) is 37.8 Å². The van der Waals surface area contributed by atoms with Crippen molar-refractivity contribution in [3.8, 4) is 0 Å². The van der Waals surface area contributed by atoms with E-state index in [0.29, 0.717) is 31.5 Å². The van der Waals surface area contributed by atoms with E-state index in [1.165, 1.54) is 0 Å². The average Bonchev–Trinajstić information content (AvgIpc) is 2.75. The van der Waals surface area contributed by atoms with E-state index in [0.717, 1.165) is 36.8 Å². The van der Waals surface area contributed by atoms with Gasteiger partial charge in [0.05, 0.1) is 12.5 Å². The first kappa shape index (κ1) is 30.8. The van der Waals surface area contributed by atoms with E-state index in [9.17, 15) is 19.2 Å². The molecular formula is C23H32N3O5Rb. The Balaban J connectivity index is 0.00000961. The molecule has 0 heterocycles. The van der Waals surface area contributed by atoms with Crippen molar-refractivity contribution in [1.82, 2.24) is 10.6 Å². The molecule has 0 fully saturated rings. The van der Waals surface area contributed by atoms with Crippen LogP contribution in [0.3, 0.4) is 0 Å². The van der Waals surface area contributed by atoms with Crippen LogP contribution in [0.5, 0.6) is 0 Å². The number of rotatable bonds is 16. The Morgan fingerprint density at radius 3 is 2.62 bits per heavy atom. The molecule has 0 aliphatic heterocycles. The van der Waals surface area contributed by atoms with E-state index >= 15 is 0 Å². The number of ether oxygens (including phenoxy) is 1. The number of hydrogen-bond acceptors (Lipinski definition) is 6. The van der Waals surface area contributed by atoms with E-state index in [-0.39, 0.29) is 83.1 Å². The fraction of sp³-hybridized carbons (Fsp3) is 0.478. The monoisotopic (exact) mass is 515 g/mol. The van der Waals surface area contributed by atoms with E-state index in [4.69, 9.17) is 4.74 Å². The van der Waals surface area contributed by atoms with Gasteiger partial charge < -0.3 is 30.3 Å². The van der Waals surface area contributed by atoms with Gasteiger partial charge in [0.1, 0.15) is 12.9 Å². The van der Waals surface area contributed by atoms with Crippen molar-refractivity contribution in [2.45, 2.75) is 45.4 Å². The summed E-state index contributed by atoms with van der Waals surface area (Å²) in [6.45, 7) is 1.84. The smallest absolute Gasteiger partial charge is 0.625 e. The Hall–Kier alpha value is -1.19. The maximum Gasteiger partial charge on any atom is 1.00 e. The van der Waals surface area contributed by atoms with Crippen LogP contribution in [-0.2, 0) is 30.3 Å². The molecule has 32 heavy (non-hydrogen) atoms. The second-order valence-corrected chi connectivity index (χ2v) is 7.08. The zero-order valence-electron chi connectivity index (χ0n) is 19.3. The number of hydrogen-bond donors (Lipinski definition) is 2. The third-order valence-corrected chi connectivity index (χ3v) is 4.38. The molecule has 0 spiro atoms. The summed E-state index contributed by atoms with van der Waals surface area (Å²) in [7, 11) is 1.76. The Morgan fingerprint density at radius 2 is 1.91 bits per heavy atom. The number of nitrogens with one attached hydrogen (secondary N) is 2. The zero-order chi connectivity index (χ0) is 22.9. The van der Waals surface area contributed by atoms with Gasteiger partial charge in [0.15, 0.2) is 5.78 Å². The first-order valence-corrected chi connectivity index (χ1v) is 10.4. The van der Waals surface area contributed by atoms with Crippen molar-refractivity contribution in [2.24, 2.45) is 0 Å².